The smallest absolute Gasteiger partial charge is 0.330 e. The average molecular weight is 272 g/mol. The zero-order chi connectivity index (χ0) is 14.5. The van der Waals surface area contributed by atoms with E-state index in [2.05, 4.69) is 0 Å². The maximum atomic E-state index is 10.6. The van der Waals surface area contributed by atoms with Crippen LogP contribution in [0.15, 0.2) is 54.1 Å². The summed E-state index contributed by atoms with van der Waals surface area (Å²) in [5.41, 5.74) is 0.186. The zero-order valence-corrected chi connectivity index (χ0v) is 11.1. The lowest BCUT2D eigenvalue weighted by atomic mass is 10.1. The van der Waals surface area contributed by atoms with Gasteiger partial charge >= 0.3 is 5.97 Å². The van der Waals surface area contributed by atoms with Crippen molar-refractivity contribution in [3.8, 4) is 5.75 Å². The molecule has 0 aromatic heterocycles. The summed E-state index contributed by atoms with van der Waals surface area (Å²) in [5, 5.41) is 20.6. The van der Waals surface area contributed by atoms with Gasteiger partial charge < -0.3 is 14.9 Å². The SMILES string of the molecule is CC(=CCC(O)Oc1ccc2ccccc2c1)C(=O)O. The Hall–Kier alpha value is -2.33. The number of hydrogen-bond acceptors (Lipinski definition) is 3. The van der Waals surface area contributed by atoms with Crippen LogP contribution in [0.4, 0.5) is 0 Å². The Morgan fingerprint density at radius 1 is 1.25 bits per heavy atom. The van der Waals surface area contributed by atoms with Gasteiger partial charge in [-0.1, -0.05) is 36.4 Å². The summed E-state index contributed by atoms with van der Waals surface area (Å²) in [6, 6.07) is 13.4. The Bertz CT molecular complexity index is 646. The molecule has 0 amide bonds. The van der Waals surface area contributed by atoms with E-state index in [4.69, 9.17) is 9.84 Å². The molecule has 0 spiro atoms. The third-order valence-electron chi connectivity index (χ3n) is 2.96. The first-order valence-electron chi connectivity index (χ1n) is 6.30. The van der Waals surface area contributed by atoms with E-state index in [-0.39, 0.29) is 12.0 Å². The van der Waals surface area contributed by atoms with Crippen LogP contribution in [0.1, 0.15) is 13.3 Å². The van der Waals surface area contributed by atoms with Crippen molar-refractivity contribution in [2.45, 2.75) is 19.6 Å². The molecular formula is C16H16O4. The topological polar surface area (TPSA) is 66.8 Å². The molecule has 0 saturated carbocycles. The van der Waals surface area contributed by atoms with Crippen molar-refractivity contribution in [3.63, 3.8) is 0 Å². The van der Waals surface area contributed by atoms with Gasteiger partial charge in [0.25, 0.3) is 0 Å². The predicted octanol–water partition coefficient (Wildman–Crippen LogP) is 2.96. The third kappa shape index (κ3) is 3.59. The predicted molar refractivity (Wildman–Crippen MR) is 76.6 cm³/mol. The first kappa shape index (κ1) is 14.1. The van der Waals surface area contributed by atoms with E-state index in [1.165, 1.54) is 13.0 Å². The van der Waals surface area contributed by atoms with Gasteiger partial charge in [-0.05, 0) is 29.8 Å². The van der Waals surface area contributed by atoms with Crippen LogP contribution < -0.4 is 4.74 Å². The van der Waals surface area contributed by atoms with Gasteiger partial charge in [-0.3, -0.25) is 0 Å². The largest absolute Gasteiger partial charge is 0.478 e. The highest BCUT2D eigenvalue weighted by molar-refractivity contribution is 5.85. The van der Waals surface area contributed by atoms with Gasteiger partial charge in [0.1, 0.15) is 5.75 Å². The van der Waals surface area contributed by atoms with Crippen molar-refractivity contribution in [2.24, 2.45) is 0 Å². The quantitative estimate of drug-likeness (QED) is 0.648. The van der Waals surface area contributed by atoms with Gasteiger partial charge in [-0.2, -0.15) is 0 Å². The summed E-state index contributed by atoms with van der Waals surface area (Å²) in [5.74, 6) is -0.444. The van der Waals surface area contributed by atoms with Gasteiger partial charge in [0.15, 0.2) is 0 Å². The van der Waals surface area contributed by atoms with Crippen molar-refractivity contribution < 1.29 is 19.7 Å². The monoisotopic (exact) mass is 272 g/mol. The molecule has 0 bridgehead atoms. The van der Waals surface area contributed by atoms with Crippen LogP contribution in [-0.4, -0.2) is 22.5 Å². The van der Waals surface area contributed by atoms with E-state index in [0.29, 0.717) is 5.75 Å². The lowest BCUT2D eigenvalue weighted by Gasteiger charge is -2.12. The van der Waals surface area contributed by atoms with Crippen molar-refractivity contribution in [3.05, 3.63) is 54.1 Å². The summed E-state index contributed by atoms with van der Waals surface area (Å²) < 4.78 is 5.37. The fourth-order valence-electron chi connectivity index (χ4n) is 1.81. The Balaban J connectivity index is 2.04. The number of aliphatic carboxylic acids is 1. The van der Waals surface area contributed by atoms with Gasteiger partial charge in [0.05, 0.1) is 0 Å². The highest BCUT2D eigenvalue weighted by atomic mass is 16.6. The molecule has 0 radical (unpaired) electrons. The normalized spacial score (nSPS) is 13.2. The molecule has 2 aromatic rings. The first-order chi connectivity index (χ1) is 9.56. The average Bonchev–Trinajstić information content (AvgIpc) is 2.44. The van der Waals surface area contributed by atoms with E-state index < -0.39 is 12.3 Å². The maximum Gasteiger partial charge on any atom is 0.330 e. The van der Waals surface area contributed by atoms with Crippen molar-refractivity contribution >= 4 is 16.7 Å². The van der Waals surface area contributed by atoms with E-state index in [1.807, 2.05) is 36.4 Å². The molecule has 104 valence electrons. The minimum Gasteiger partial charge on any atom is -0.478 e. The summed E-state index contributed by atoms with van der Waals surface area (Å²) in [4.78, 5) is 10.6. The highest BCUT2D eigenvalue weighted by Gasteiger charge is 2.07. The molecule has 2 aromatic carbocycles. The summed E-state index contributed by atoms with van der Waals surface area (Å²) in [6.07, 6.45) is 0.504. The number of aliphatic hydroxyl groups is 1. The molecule has 4 heteroatoms. The van der Waals surface area contributed by atoms with Gasteiger partial charge in [-0.25, -0.2) is 4.79 Å². The van der Waals surface area contributed by atoms with Gasteiger partial charge in [0, 0.05) is 12.0 Å². The molecule has 1 unspecified atom stereocenters. The molecule has 20 heavy (non-hydrogen) atoms. The maximum absolute atomic E-state index is 10.6. The first-order valence-corrected chi connectivity index (χ1v) is 6.30. The molecule has 0 aliphatic rings. The standard InChI is InChI=1S/C16H16O4/c1-11(16(18)19)6-9-15(17)20-14-8-7-12-4-2-3-5-13(12)10-14/h2-8,10,15,17H,9H2,1H3,(H,18,19). The van der Waals surface area contributed by atoms with Crippen LogP contribution in [0.25, 0.3) is 10.8 Å². The second kappa shape index (κ2) is 6.21. The number of rotatable bonds is 5. The van der Waals surface area contributed by atoms with Gasteiger partial charge in [-0.15, -0.1) is 0 Å². The molecule has 2 rings (SSSR count). The van der Waals surface area contributed by atoms with Crippen LogP contribution in [0, 0.1) is 0 Å². The second-order valence-corrected chi connectivity index (χ2v) is 4.51. The minimum atomic E-state index is -1.06. The molecule has 0 fully saturated rings. The van der Waals surface area contributed by atoms with E-state index in [0.717, 1.165) is 10.8 Å². The summed E-state index contributed by atoms with van der Waals surface area (Å²) in [7, 11) is 0. The summed E-state index contributed by atoms with van der Waals surface area (Å²) >= 11 is 0. The Kier molecular flexibility index (Phi) is 4.38. The molecule has 0 aliphatic carbocycles. The zero-order valence-electron chi connectivity index (χ0n) is 11.1. The molecule has 0 saturated heterocycles. The summed E-state index contributed by atoms with van der Waals surface area (Å²) in [6.45, 7) is 1.48. The highest BCUT2D eigenvalue weighted by Crippen LogP contribution is 2.21. The van der Waals surface area contributed by atoms with E-state index in [9.17, 15) is 9.90 Å². The lowest BCUT2D eigenvalue weighted by Crippen LogP contribution is -2.14. The number of fused-ring (bicyclic) bond motifs is 1. The van der Waals surface area contributed by atoms with Gasteiger partial charge in [0.2, 0.25) is 6.29 Å². The molecule has 1 atom stereocenters. The number of ether oxygens (including phenoxy) is 1. The van der Waals surface area contributed by atoms with Crippen LogP contribution >= 0.6 is 0 Å². The van der Waals surface area contributed by atoms with Crippen molar-refractivity contribution in [1.29, 1.82) is 0 Å². The van der Waals surface area contributed by atoms with Crippen molar-refractivity contribution in [1.82, 2.24) is 0 Å². The van der Waals surface area contributed by atoms with Crippen molar-refractivity contribution in [2.75, 3.05) is 0 Å². The molecular weight excluding hydrogens is 256 g/mol. The molecule has 0 aliphatic heterocycles. The molecule has 4 nitrogen and oxygen atoms in total. The van der Waals surface area contributed by atoms with Crippen LogP contribution in [0.3, 0.4) is 0 Å². The van der Waals surface area contributed by atoms with E-state index in [1.54, 1.807) is 6.07 Å². The minimum absolute atomic E-state index is 0.130. The lowest BCUT2D eigenvalue weighted by molar-refractivity contribution is -0.132. The Morgan fingerprint density at radius 2 is 1.95 bits per heavy atom. The van der Waals surface area contributed by atoms with Crippen LogP contribution in [-0.2, 0) is 4.79 Å². The molecule has 0 heterocycles. The Labute approximate surface area is 116 Å². The fraction of sp³-hybridized carbons (Fsp3) is 0.188. The number of carbonyl (C=O) groups is 1. The third-order valence-corrected chi connectivity index (χ3v) is 2.96. The molecule has 2 N–H and O–H groups in total. The van der Waals surface area contributed by atoms with Crippen LogP contribution in [0.2, 0.25) is 0 Å². The number of benzene rings is 2. The number of carboxylic acid groups (broad SMARTS) is 1. The van der Waals surface area contributed by atoms with E-state index >= 15 is 0 Å². The Morgan fingerprint density at radius 3 is 2.65 bits per heavy atom. The second-order valence-electron chi connectivity index (χ2n) is 4.51. The number of hydrogen-bond donors (Lipinski definition) is 2. The van der Waals surface area contributed by atoms with Crippen LogP contribution in [0.5, 0.6) is 5.75 Å². The number of carboxylic acids is 1. The fourth-order valence-corrected chi connectivity index (χ4v) is 1.81. The number of aliphatic hydroxyl groups excluding tert-OH is 1.